The van der Waals surface area contributed by atoms with Crippen LogP contribution in [-0.4, -0.2) is 41.0 Å². The summed E-state index contributed by atoms with van der Waals surface area (Å²) in [6.45, 7) is 24.3. The minimum Gasteiger partial charge on any atom is -0.442 e. The third-order valence-electron chi connectivity index (χ3n) is 8.19. The van der Waals surface area contributed by atoms with Crippen molar-refractivity contribution in [1.29, 1.82) is 0 Å². The first-order chi connectivity index (χ1) is 23.4. The van der Waals surface area contributed by atoms with Crippen molar-refractivity contribution in [2.24, 2.45) is 5.73 Å². The van der Waals surface area contributed by atoms with Gasteiger partial charge in [-0.1, -0.05) is 115 Å². The van der Waals surface area contributed by atoms with Gasteiger partial charge in [-0.25, -0.2) is 0 Å². The highest BCUT2D eigenvalue weighted by Crippen LogP contribution is 2.35. The average Bonchev–Trinajstić information content (AvgIpc) is 3.12. The van der Waals surface area contributed by atoms with E-state index in [1.54, 1.807) is 0 Å². The zero-order chi connectivity index (χ0) is 34.9. The molecular weight excluding hydrogens is 589 g/mol. The molecule has 0 aliphatic rings. The lowest BCUT2D eigenvalue weighted by atomic mass is 9.88. The molecule has 0 aliphatic carbocycles. The fourth-order valence-electron chi connectivity index (χ4n) is 5.62. The summed E-state index contributed by atoms with van der Waals surface area (Å²) in [5, 5.41) is 0. The Balaban J connectivity index is 0.00000307. The van der Waals surface area contributed by atoms with E-state index in [2.05, 4.69) is 142 Å². The first-order valence-electron chi connectivity index (χ1n) is 17.4. The van der Waals surface area contributed by atoms with Gasteiger partial charge in [0.15, 0.2) is 5.88 Å². The lowest BCUT2D eigenvalue weighted by molar-refractivity contribution is 0.284. The van der Waals surface area contributed by atoms with Crippen LogP contribution in [0, 0.1) is 11.8 Å². The summed E-state index contributed by atoms with van der Waals surface area (Å²) in [4.78, 5) is 9.79. The standard InChI is InChI=1S/C41H48N4O.C2H6/c1-7-40(34-15-13-12-14-16-34)41(36-23-25-39(26-24-36)46-31(6)42)35-21-19-32(20-22-35)17-18-33-27-37(29-44(8-2)9-3)43-38(28-33)30-45(10-4)11-5;1-2/h12-16,19-28H,6-11,29-30,42H2,1-5H3;1-2H3/b41-40-;. The molecule has 0 saturated carbocycles. The van der Waals surface area contributed by atoms with Crippen LogP contribution in [0.1, 0.15) is 94.1 Å². The Hall–Kier alpha value is -4.63. The topological polar surface area (TPSA) is 54.6 Å². The SMILES string of the molecule is C=C(N)Oc1ccc(/C(=C(/CC)c2ccccc2)c2ccc(C#Cc3cc(CN(CC)CC)nc(CN(CC)CC)c3)cc2)cc1.CC. The quantitative estimate of drug-likeness (QED) is 0.0844. The van der Waals surface area contributed by atoms with Crippen LogP contribution in [0.25, 0.3) is 11.1 Å². The summed E-state index contributed by atoms with van der Waals surface area (Å²) in [6.07, 6.45) is 0.881. The van der Waals surface area contributed by atoms with Crippen molar-refractivity contribution < 1.29 is 4.74 Å². The van der Waals surface area contributed by atoms with Crippen molar-refractivity contribution in [3.63, 3.8) is 0 Å². The lowest BCUT2D eigenvalue weighted by Crippen LogP contribution is -2.25. The summed E-state index contributed by atoms with van der Waals surface area (Å²) >= 11 is 0. The number of hydrogen-bond donors (Lipinski definition) is 1. The van der Waals surface area contributed by atoms with Crippen LogP contribution in [0.5, 0.6) is 5.75 Å². The Kier molecular flexibility index (Phi) is 15.7. The fourth-order valence-corrected chi connectivity index (χ4v) is 5.62. The van der Waals surface area contributed by atoms with Gasteiger partial charge in [0, 0.05) is 24.2 Å². The van der Waals surface area contributed by atoms with Crippen LogP contribution >= 0.6 is 0 Å². The molecule has 2 N–H and O–H groups in total. The van der Waals surface area contributed by atoms with Gasteiger partial charge in [0.25, 0.3) is 0 Å². The van der Waals surface area contributed by atoms with Crippen molar-refractivity contribution in [3.05, 3.63) is 143 Å². The number of benzene rings is 3. The van der Waals surface area contributed by atoms with Crippen LogP contribution in [0.2, 0.25) is 0 Å². The Labute approximate surface area is 290 Å². The van der Waals surface area contributed by atoms with Crippen molar-refractivity contribution in [1.82, 2.24) is 14.8 Å². The molecule has 1 aromatic heterocycles. The van der Waals surface area contributed by atoms with E-state index in [4.69, 9.17) is 15.5 Å². The van der Waals surface area contributed by atoms with Crippen LogP contribution < -0.4 is 10.5 Å². The Morgan fingerprint density at radius 3 is 1.60 bits per heavy atom. The second kappa shape index (κ2) is 19.9. The van der Waals surface area contributed by atoms with Gasteiger partial charge in [-0.3, -0.25) is 14.8 Å². The van der Waals surface area contributed by atoms with E-state index < -0.39 is 0 Å². The van der Waals surface area contributed by atoms with Crippen molar-refractivity contribution >= 4 is 11.1 Å². The van der Waals surface area contributed by atoms with Gasteiger partial charge in [-0.15, -0.1) is 0 Å². The maximum Gasteiger partial charge on any atom is 0.183 e. The Morgan fingerprint density at radius 1 is 0.667 bits per heavy atom. The number of aromatic nitrogens is 1. The second-order valence-electron chi connectivity index (χ2n) is 11.3. The highest BCUT2D eigenvalue weighted by atomic mass is 16.5. The molecule has 0 bridgehead atoms. The number of allylic oxidation sites excluding steroid dienone is 1. The normalized spacial score (nSPS) is 11.3. The number of pyridine rings is 1. The van der Waals surface area contributed by atoms with Gasteiger partial charge in [-0.2, -0.15) is 0 Å². The van der Waals surface area contributed by atoms with Crippen molar-refractivity contribution in [2.45, 2.75) is 68.0 Å². The van der Waals surface area contributed by atoms with Gasteiger partial charge in [0.1, 0.15) is 5.75 Å². The van der Waals surface area contributed by atoms with Crippen LogP contribution in [0.15, 0.2) is 103 Å². The van der Waals surface area contributed by atoms with E-state index in [0.29, 0.717) is 5.75 Å². The minimum absolute atomic E-state index is 0.172. The number of ether oxygens (including phenoxy) is 1. The zero-order valence-corrected chi connectivity index (χ0v) is 30.1. The van der Waals surface area contributed by atoms with Gasteiger partial charge in [-0.05, 0) is 103 Å². The minimum atomic E-state index is 0.172. The Bertz CT molecular complexity index is 1620. The zero-order valence-electron chi connectivity index (χ0n) is 30.1. The van der Waals surface area contributed by atoms with Crippen LogP contribution in [0.3, 0.4) is 0 Å². The van der Waals surface area contributed by atoms with Gasteiger partial charge in [0.05, 0.1) is 11.4 Å². The molecular formula is C43H54N4O. The predicted molar refractivity (Wildman–Crippen MR) is 204 cm³/mol. The molecule has 0 unspecified atom stereocenters. The molecule has 4 aromatic rings. The number of nitrogens with two attached hydrogens (primary N) is 1. The monoisotopic (exact) mass is 642 g/mol. The van der Waals surface area contributed by atoms with E-state index in [9.17, 15) is 0 Å². The summed E-state index contributed by atoms with van der Waals surface area (Å²) < 4.78 is 5.52. The van der Waals surface area contributed by atoms with Crippen LogP contribution in [-0.2, 0) is 13.1 Å². The summed E-state index contributed by atoms with van der Waals surface area (Å²) in [7, 11) is 0. The van der Waals surface area contributed by atoms with E-state index in [1.165, 1.54) is 16.7 Å². The van der Waals surface area contributed by atoms with Gasteiger partial charge < -0.3 is 10.5 Å². The molecule has 252 valence electrons. The smallest absolute Gasteiger partial charge is 0.183 e. The molecule has 5 nitrogen and oxygen atoms in total. The highest BCUT2D eigenvalue weighted by Gasteiger charge is 2.14. The van der Waals surface area contributed by atoms with E-state index in [0.717, 1.165) is 79.3 Å². The number of nitrogens with zero attached hydrogens (tertiary/aromatic N) is 3. The third kappa shape index (κ3) is 11.0. The summed E-state index contributed by atoms with van der Waals surface area (Å²) in [6, 6.07) is 31.5. The molecule has 0 atom stereocenters. The summed E-state index contributed by atoms with van der Waals surface area (Å²) in [5.74, 6) is 7.71. The molecule has 0 amide bonds. The van der Waals surface area contributed by atoms with Gasteiger partial charge >= 0.3 is 0 Å². The second-order valence-corrected chi connectivity index (χ2v) is 11.3. The maximum absolute atomic E-state index is 5.67. The van der Waals surface area contributed by atoms with E-state index >= 15 is 0 Å². The number of hydrogen-bond acceptors (Lipinski definition) is 5. The average molecular weight is 643 g/mol. The molecule has 48 heavy (non-hydrogen) atoms. The molecule has 5 heteroatoms. The molecule has 0 fully saturated rings. The molecule has 0 radical (unpaired) electrons. The molecule has 0 spiro atoms. The fraction of sp³-hybridized carbons (Fsp3) is 0.326. The molecule has 0 aliphatic heterocycles. The van der Waals surface area contributed by atoms with Crippen molar-refractivity contribution in [3.8, 4) is 17.6 Å². The van der Waals surface area contributed by atoms with E-state index in [-0.39, 0.29) is 5.88 Å². The van der Waals surface area contributed by atoms with Crippen molar-refractivity contribution in [2.75, 3.05) is 26.2 Å². The predicted octanol–water partition coefficient (Wildman–Crippen LogP) is 9.37. The van der Waals surface area contributed by atoms with Crippen LogP contribution in [0.4, 0.5) is 0 Å². The maximum atomic E-state index is 5.67. The molecule has 3 aromatic carbocycles. The van der Waals surface area contributed by atoms with E-state index in [1.807, 2.05) is 26.0 Å². The van der Waals surface area contributed by atoms with Gasteiger partial charge in [0.2, 0.25) is 0 Å². The highest BCUT2D eigenvalue weighted by molar-refractivity contribution is 5.98. The largest absolute Gasteiger partial charge is 0.442 e. The molecule has 1 heterocycles. The first kappa shape index (κ1) is 37.8. The Morgan fingerprint density at radius 2 is 1.15 bits per heavy atom. The lowest BCUT2D eigenvalue weighted by Gasteiger charge is -2.20. The summed E-state index contributed by atoms with van der Waals surface area (Å²) in [5.41, 5.74) is 15.7. The molecule has 0 saturated heterocycles. The third-order valence-corrected chi connectivity index (χ3v) is 8.19. The number of rotatable bonds is 14. The molecule has 4 rings (SSSR count). The first-order valence-corrected chi connectivity index (χ1v) is 17.4.